The number of benzene rings is 1. The van der Waals surface area contributed by atoms with Gasteiger partial charge >= 0.3 is 0 Å². The van der Waals surface area contributed by atoms with Gasteiger partial charge in [-0.25, -0.2) is 0 Å². The average molecular weight is 270 g/mol. The third-order valence-corrected chi connectivity index (χ3v) is 2.71. The van der Waals surface area contributed by atoms with Crippen LogP contribution in [-0.4, -0.2) is 30.8 Å². The molecule has 0 heterocycles. The molecule has 0 saturated heterocycles. The maximum absolute atomic E-state index is 11.8. The molecule has 0 fully saturated rings. The van der Waals surface area contributed by atoms with E-state index in [1.165, 1.54) is 0 Å². The van der Waals surface area contributed by atoms with Gasteiger partial charge in [0.15, 0.2) is 5.78 Å². The van der Waals surface area contributed by atoms with E-state index in [0.29, 0.717) is 6.54 Å². The number of rotatable bonds is 5. The predicted octanol–water partition coefficient (Wildman–Crippen LogP) is 2.97. The average Bonchev–Trinajstić information content (AvgIpc) is 2.18. The van der Waals surface area contributed by atoms with E-state index in [4.69, 9.17) is 0 Å². The highest BCUT2D eigenvalue weighted by atomic mass is 79.9. The molecule has 2 nitrogen and oxygen atoms in total. The lowest BCUT2D eigenvalue weighted by Gasteiger charge is -2.14. The topological polar surface area (TPSA) is 20.3 Å². The van der Waals surface area contributed by atoms with Crippen molar-refractivity contribution in [3.05, 3.63) is 34.3 Å². The third kappa shape index (κ3) is 4.14. The van der Waals surface area contributed by atoms with E-state index in [9.17, 15) is 4.79 Å². The van der Waals surface area contributed by atoms with Gasteiger partial charge in [0.05, 0.1) is 6.54 Å². The summed E-state index contributed by atoms with van der Waals surface area (Å²) in [5.41, 5.74) is 0.779. The van der Waals surface area contributed by atoms with Gasteiger partial charge < -0.3 is 0 Å². The molecule has 0 unspecified atom stereocenters. The fraction of sp³-hybridized carbons (Fsp3) is 0.417. The summed E-state index contributed by atoms with van der Waals surface area (Å²) in [5, 5.41) is 0. The Kier molecular flexibility index (Phi) is 4.99. The molecule has 0 bridgehead atoms. The minimum Gasteiger partial charge on any atom is -0.299 e. The molecular weight excluding hydrogens is 254 g/mol. The number of hydrogen-bond donors (Lipinski definition) is 0. The first kappa shape index (κ1) is 12.4. The summed E-state index contributed by atoms with van der Waals surface area (Å²) < 4.78 is 1.00. The summed E-state index contributed by atoms with van der Waals surface area (Å²) >= 11 is 3.35. The van der Waals surface area contributed by atoms with Crippen molar-refractivity contribution in [2.24, 2.45) is 0 Å². The van der Waals surface area contributed by atoms with Crippen LogP contribution in [0.15, 0.2) is 28.7 Å². The highest BCUT2D eigenvalue weighted by Gasteiger charge is 2.08. The maximum Gasteiger partial charge on any atom is 0.176 e. The van der Waals surface area contributed by atoms with Crippen molar-refractivity contribution in [2.75, 3.05) is 20.1 Å². The summed E-state index contributed by atoms with van der Waals surface area (Å²) in [4.78, 5) is 13.8. The molecule has 0 spiro atoms. The monoisotopic (exact) mass is 269 g/mol. The molecule has 0 N–H and O–H groups in total. The van der Waals surface area contributed by atoms with Crippen LogP contribution >= 0.6 is 15.9 Å². The molecule has 0 saturated carbocycles. The first-order chi connectivity index (χ1) is 7.13. The number of nitrogens with zero attached hydrogens (tertiary/aromatic N) is 1. The van der Waals surface area contributed by atoms with Crippen LogP contribution < -0.4 is 0 Å². The summed E-state index contributed by atoms with van der Waals surface area (Å²) in [5.74, 6) is 0.179. The number of hydrogen-bond acceptors (Lipinski definition) is 2. The first-order valence-electron chi connectivity index (χ1n) is 5.10. The lowest BCUT2D eigenvalue weighted by molar-refractivity contribution is 0.0946. The van der Waals surface area contributed by atoms with Crippen molar-refractivity contribution >= 4 is 21.7 Å². The Morgan fingerprint density at radius 3 is 2.47 bits per heavy atom. The minimum atomic E-state index is 0.179. The molecule has 15 heavy (non-hydrogen) atoms. The highest BCUT2D eigenvalue weighted by molar-refractivity contribution is 9.10. The predicted molar refractivity (Wildman–Crippen MR) is 66.3 cm³/mol. The van der Waals surface area contributed by atoms with Crippen LogP contribution in [0.4, 0.5) is 0 Å². The maximum atomic E-state index is 11.8. The van der Waals surface area contributed by atoms with Gasteiger partial charge in [0.1, 0.15) is 0 Å². The lowest BCUT2D eigenvalue weighted by atomic mass is 10.1. The van der Waals surface area contributed by atoms with E-state index in [0.717, 1.165) is 23.0 Å². The molecule has 1 aromatic rings. The van der Waals surface area contributed by atoms with Gasteiger partial charge in [-0.15, -0.1) is 0 Å². The van der Waals surface area contributed by atoms with Gasteiger partial charge in [-0.3, -0.25) is 9.69 Å². The fourth-order valence-corrected chi connectivity index (χ4v) is 1.70. The van der Waals surface area contributed by atoms with Crippen molar-refractivity contribution in [3.8, 4) is 0 Å². The second-order valence-electron chi connectivity index (χ2n) is 3.67. The van der Waals surface area contributed by atoms with E-state index in [1.807, 2.05) is 36.2 Å². The minimum absolute atomic E-state index is 0.179. The van der Waals surface area contributed by atoms with Crippen LogP contribution in [0.5, 0.6) is 0 Å². The Labute approximate surface area is 99.4 Å². The van der Waals surface area contributed by atoms with Gasteiger partial charge in [-0.1, -0.05) is 35.0 Å². The molecule has 0 aromatic heterocycles. The molecule has 0 radical (unpaired) electrons. The normalized spacial score (nSPS) is 10.7. The van der Waals surface area contributed by atoms with Crippen molar-refractivity contribution in [3.63, 3.8) is 0 Å². The summed E-state index contributed by atoms with van der Waals surface area (Å²) in [7, 11) is 1.97. The van der Waals surface area contributed by atoms with E-state index in [1.54, 1.807) is 0 Å². The zero-order valence-corrected chi connectivity index (χ0v) is 10.8. The molecule has 82 valence electrons. The summed E-state index contributed by atoms with van der Waals surface area (Å²) in [6, 6.07) is 7.50. The summed E-state index contributed by atoms with van der Waals surface area (Å²) in [6.45, 7) is 3.57. The Balaban J connectivity index is 2.57. The number of halogens is 1. The van der Waals surface area contributed by atoms with Crippen LogP contribution in [-0.2, 0) is 0 Å². The quantitative estimate of drug-likeness (QED) is 0.767. The van der Waals surface area contributed by atoms with Crippen LogP contribution in [0.25, 0.3) is 0 Å². The molecular formula is C12H16BrNO. The molecule has 1 aromatic carbocycles. The van der Waals surface area contributed by atoms with E-state index < -0.39 is 0 Å². The Morgan fingerprint density at radius 1 is 1.33 bits per heavy atom. The van der Waals surface area contributed by atoms with Gasteiger partial charge in [-0.05, 0) is 32.1 Å². The molecule has 3 heteroatoms. The number of Topliss-reactive ketones (excluding diaryl/α,β-unsaturated/α-hetero) is 1. The zero-order valence-electron chi connectivity index (χ0n) is 9.16. The smallest absolute Gasteiger partial charge is 0.176 e. The van der Waals surface area contributed by atoms with Crippen molar-refractivity contribution in [2.45, 2.75) is 13.3 Å². The molecule has 0 amide bonds. The van der Waals surface area contributed by atoms with Crippen molar-refractivity contribution in [1.29, 1.82) is 0 Å². The van der Waals surface area contributed by atoms with Crippen LogP contribution in [0, 0.1) is 0 Å². The zero-order chi connectivity index (χ0) is 11.3. The van der Waals surface area contributed by atoms with Crippen molar-refractivity contribution < 1.29 is 4.79 Å². The standard InChI is InChI=1S/C12H16BrNO/c1-3-8-14(2)9-12(15)10-4-6-11(13)7-5-10/h4-7H,3,8-9H2,1-2H3. The number of carbonyl (C=O) groups excluding carboxylic acids is 1. The molecule has 0 aliphatic rings. The number of carbonyl (C=O) groups is 1. The van der Waals surface area contributed by atoms with E-state index in [-0.39, 0.29) is 5.78 Å². The Bertz CT molecular complexity index is 321. The molecule has 1 rings (SSSR count). The molecule has 0 atom stereocenters. The van der Waals surface area contributed by atoms with Crippen LogP contribution in [0.1, 0.15) is 23.7 Å². The SMILES string of the molecule is CCCN(C)CC(=O)c1ccc(Br)cc1. The number of likely N-dealkylation sites (N-methyl/N-ethyl adjacent to an activating group) is 1. The third-order valence-electron chi connectivity index (χ3n) is 2.19. The van der Waals surface area contributed by atoms with E-state index in [2.05, 4.69) is 22.9 Å². The second-order valence-corrected chi connectivity index (χ2v) is 4.58. The Morgan fingerprint density at radius 2 is 1.93 bits per heavy atom. The lowest BCUT2D eigenvalue weighted by Crippen LogP contribution is -2.26. The second kappa shape index (κ2) is 6.03. The van der Waals surface area contributed by atoms with Gasteiger partial charge in [0.2, 0.25) is 0 Å². The molecule has 0 aliphatic heterocycles. The van der Waals surface area contributed by atoms with Gasteiger partial charge in [-0.2, -0.15) is 0 Å². The van der Waals surface area contributed by atoms with Crippen LogP contribution in [0.3, 0.4) is 0 Å². The first-order valence-corrected chi connectivity index (χ1v) is 5.90. The van der Waals surface area contributed by atoms with Crippen LogP contribution in [0.2, 0.25) is 0 Å². The van der Waals surface area contributed by atoms with Crippen molar-refractivity contribution in [1.82, 2.24) is 4.90 Å². The summed E-state index contributed by atoms with van der Waals surface area (Å²) in [6.07, 6.45) is 1.07. The Hall–Kier alpha value is -0.670. The largest absolute Gasteiger partial charge is 0.299 e. The fourth-order valence-electron chi connectivity index (χ4n) is 1.43. The van der Waals surface area contributed by atoms with Gasteiger partial charge in [0, 0.05) is 10.0 Å². The highest BCUT2D eigenvalue weighted by Crippen LogP contribution is 2.11. The number of ketones is 1. The van der Waals surface area contributed by atoms with E-state index >= 15 is 0 Å². The van der Waals surface area contributed by atoms with Gasteiger partial charge in [0.25, 0.3) is 0 Å². The molecule has 0 aliphatic carbocycles.